The maximum absolute atomic E-state index is 12.9. The van der Waals surface area contributed by atoms with Gasteiger partial charge in [0.25, 0.3) is 5.91 Å². The van der Waals surface area contributed by atoms with Crippen molar-refractivity contribution in [1.82, 2.24) is 35.1 Å². The quantitative estimate of drug-likeness (QED) is 0.504. The third-order valence-corrected chi connectivity index (χ3v) is 5.41. The molecule has 1 saturated heterocycles. The van der Waals surface area contributed by atoms with Gasteiger partial charge in [-0.1, -0.05) is 24.3 Å². The molecule has 0 saturated carbocycles. The van der Waals surface area contributed by atoms with Crippen molar-refractivity contribution in [1.29, 1.82) is 0 Å². The second-order valence-electron chi connectivity index (χ2n) is 7.76. The van der Waals surface area contributed by atoms with E-state index in [0.717, 1.165) is 22.9 Å². The van der Waals surface area contributed by atoms with E-state index in [9.17, 15) is 4.79 Å². The summed E-state index contributed by atoms with van der Waals surface area (Å²) in [5.41, 5.74) is 2.25. The van der Waals surface area contributed by atoms with Crippen LogP contribution >= 0.6 is 0 Å². The summed E-state index contributed by atoms with van der Waals surface area (Å²) in [6.07, 6.45) is 3.31. The first-order chi connectivity index (χ1) is 16.2. The summed E-state index contributed by atoms with van der Waals surface area (Å²) in [5.74, 6) is 2.01. The third kappa shape index (κ3) is 4.64. The fraction of sp³-hybridized carbons (Fsp3) is 0.217. The van der Waals surface area contributed by atoms with Gasteiger partial charge in [0.1, 0.15) is 5.82 Å². The molecule has 1 aromatic carbocycles. The van der Waals surface area contributed by atoms with Gasteiger partial charge in [0.05, 0.1) is 11.9 Å². The van der Waals surface area contributed by atoms with Crippen molar-refractivity contribution in [2.24, 2.45) is 0 Å². The highest BCUT2D eigenvalue weighted by Crippen LogP contribution is 2.17. The summed E-state index contributed by atoms with van der Waals surface area (Å²) in [5, 5.41) is 20.3. The minimum Gasteiger partial charge on any atom is -0.352 e. The lowest BCUT2D eigenvalue weighted by molar-refractivity contribution is 0.0740. The van der Waals surface area contributed by atoms with Crippen LogP contribution in [0, 0.1) is 6.92 Å². The van der Waals surface area contributed by atoms with Crippen molar-refractivity contribution in [3.8, 4) is 5.69 Å². The molecule has 0 spiro atoms. The van der Waals surface area contributed by atoms with E-state index in [0.29, 0.717) is 37.7 Å². The van der Waals surface area contributed by atoms with Gasteiger partial charge in [-0.3, -0.25) is 4.79 Å². The number of para-hydroxylation sites is 1. The van der Waals surface area contributed by atoms with Gasteiger partial charge in [0.15, 0.2) is 17.3 Å². The van der Waals surface area contributed by atoms with Crippen LogP contribution in [0.3, 0.4) is 0 Å². The molecule has 4 aromatic rings. The molecular weight excluding hydrogens is 418 g/mol. The maximum atomic E-state index is 12.9. The molecule has 3 aromatic heterocycles. The van der Waals surface area contributed by atoms with Gasteiger partial charge in [-0.25, -0.2) is 4.98 Å². The predicted molar refractivity (Wildman–Crippen MR) is 124 cm³/mol. The number of nitrogens with one attached hydrogen (secondary N) is 1. The minimum absolute atomic E-state index is 0.118. The van der Waals surface area contributed by atoms with Crippen LogP contribution in [0.15, 0.2) is 67.0 Å². The lowest BCUT2D eigenvalue weighted by atomic mass is 10.3. The summed E-state index contributed by atoms with van der Waals surface area (Å²) in [6.45, 7) is 4.48. The van der Waals surface area contributed by atoms with Gasteiger partial charge in [-0.05, 0) is 42.8 Å². The zero-order valence-corrected chi connectivity index (χ0v) is 18.2. The van der Waals surface area contributed by atoms with E-state index < -0.39 is 0 Å². The summed E-state index contributed by atoms with van der Waals surface area (Å²) in [6, 6.07) is 17.2. The number of rotatable bonds is 5. The normalized spacial score (nSPS) is 13.7. The Morgan fingerprint density at radius 3 is 2.36 bits per heavy atom. The van der Waals surface area contributed by atoms with Gasteiger partial charge in [0, 0.05) is 32.4 Å². The lowest BCUT2D eigenvalue weighted by Crippen LogP contribution is -2.49. The van der Waals surface area contributed by atoms with Crippen LogP contribution in [0.4, 0.5) is 17.5 Å². The zero-order valence-electron chi connectivity index (χ0n) is 18.2. The van der Waals surface area contributed by atoms with E-state index in [1.165, 1.54) is 11.0 Å². The number of pyridine rings is 1. The van der Waals surface area contributed by atoms with Crippen molar-refractivity contribution in [3.05, 3.63) is 78.2 Å². The minimum atomic E-state index is -0.118. The van der Waals surface area contributed by atoms with Crippen LogP contribution in [-0.2, 0) is 0 Å². The second-order valence-corrected chi connectivity index (χ2v) is 7.76. The molecule has 0 atom stereocenters. The van der Waals surface area contributed by atoms with Crippen LogP contribution in [0.2, 0.25) is 0 Å². The molecule has 0 aliphatic carbocycles. The number of benzene rings is 1. The van der Waals surface area contributed by atoms with Crippen molar-refractivity contribution < 1.29 is 4.79 Å². The molecule has 10 nitrogen and oxygen atoms in total. The van der Waals surface area contributed by atoms with Gasteiger partial charge in [0.2, 0.25) is 0 Å². The average Bonchev–Trinajstić information content (AvgIpc) is 3.37. The van der Waals surface area contributed by atoms with Crippen LogP contribution in [-0.4, -0.2) is 67.2 Å². The Hall–Kier alpha value is -4.34. The van der Waals surface area contributed by atoms with Gasteiger partial charge in [-0.15, -0.1) is 15.3 Å². The summed E-state index contributed by atoms with van der Waals surface area (Å²) >= 11 is 0. The zero-order chi connectivity index (χ0) is 22.6. The lowest BCUT2D eigenvalue weighted by Gasteiger charge is -2.34. The van der Waals surface area contributed by atoms with Gasteiger partial charge >= 0.3 is 0 Å². The molecule has 166 valence electrons. The van der Waals surface area contributed by atoms with Crippen LogP contribution < -0.4 is 10.2 Å². The van der Waals surface area contributed by atoms with Crippen molar-refractivity contribution in [2.45, 2.75) is 6.92 Å². The highest BCUT2D eigenvalue weighted by Gasteiger charge is 2.25. The standard InChI is InChI=1S/C23H23N9O/c1-17-7-8-20(24-15-17)26-21-9-10-22(28-27-21)30-11-13-31(14-12-30)23(33)19-16-25-32(29-19)18-5-3-2-4-6-18/h2-10,15-16H,11-14H2,1H3,(H,24,26,27). The molecular formula is C23H23N9O. The summed E-state index contributed by atoms with van der Waals surface area (Å²) in [4.78, 5) is 22.6. The molecule has 0 radical (unpaired) electrons. The van der Waals surface area contributed by atoms with Crippen LogP contribution in [0.25, 0.3) is 5.69 Å². The Balaban J connectivity index is 1.17. The van der Waals surface area contributed by atoms with E-state index in [2.05, 4.69) is 35.6 Å². The largest absolute Gasteiger partial charge is 0.352 e. The third-order valence-electron chi connectivity index (χ3n) is 5.41. The van der Waals surface area contributed by atoms with Crippen molar-refractivity contribution in [3.63, 3.8) is 0 Å². The van der Waals surface area contributed by atoms with E-state index in [-0.39, 0.29) is 5.91 Å². The van der Waals surface area contributed by atoms with Crippen LogP contribution in [0.5, 0.6) is 0 Å². The SMILES string of the molecule is Cc1ccc(Nc2ccc(N3CCN(C(=O)c4cnn(-c5ccccc5)n4)CC3)nn2)nc1. The molecule has 1 N–H and O–H groups in total. The molecule has 33 heavy (non-hydrogen) atoms. The fourth-order valence-corrected chi connectivity index (χ4v) is 3.58. The second kappa shape index (κ2) is 9.03. The van der Waals surface area contributed by atoms with E-state index in [4.69, 9.17) is 0 Å². The summed E-state index contributed by atoms with van der Waals surface area (Å²) in [7, 11) is 0. The Morgan fingerprint density at radius 2 is 1.67 bits per heavy atom. The molecule has 1 aliphatic rings. The Bertz CT molecular complexity index is 1220. The number of aromatic nitrogens is 6. The summed E-state index contributed by atoms with van der Waals surface area (Å²) < 4.78 is 0. The molecule has 1 amide bonds. The van der Waals surface area contributed by atoms with Gasteiger partial charge in [-0.2, -0.15) is 9.90 Å². The van der Waals surface area contributed by atoms with E-state index in [1.54, 1.807) is 11.1 Å². The van der Waals surface area contributed by atoms with E-state index >= 15 is 0 Å². The number of aryl methyl sites for hydroxylation is 1. The number of nitrogens with zero attached hydrogens (tertiary/aromatic N) is 8. The highest BCUT2D eigenvalue weighted by molar-refractivity contribution is 5.92. The number of hydrogen-bond donors (Lipinski definition) is 1. The smallest absolute Gasteiger partial charge is 0.276 e. The molecule has 5 rings (SSSR count). The Kier molecular flexibility index (Phi) is 5.62. The number of carbonyl (C=O) groups is 1. The molecule has 10 heteroatoms. The monoisotopic (exact) mass is 441 g/mol. The van der Waals surface area contributed by atoms with Crippen molar-refractivity contribution >= 4 is 23.4 Å². The molecule has 1 fully saturated rings. The number of piperazine rings is 1. The number of anilines is 3. The maximum Gasteiger partial charge on any atom is 0.276 e. The topological polar surface area (TPSA) is 105 Å². The Labute approximate surface area is 190 Å². The Morgan fingerprint density at radius 1 is 0.879 bits per heavy atom. The van der Waals surface area contributed by atoms with E-state index in [1.807, 2.05) is 61.5 Å². The molecule has 4 heterocycles. The highest BCUT2D eigenvalue weighted by atomic mass is 16.2. The predicted octanol–water partition coefficient (Wildman–Crippen LogP) is 2.47. The van der Waals surface area contributed by atoms with Crippen molar-refractivity contribution in [2.75, 3.05) is 36.4 Å². The first-order valence-electron chi connectivity index (χ1n) is 10.7. The molecule has 1 aliphatic heterocycles. The van der Waals surface area contributed by atoms with Gasteiger partial charge < -0.3 is 15.1 Å². The average molecular weight is 441 g/mol. The molecule has 0 unspecified atom stereocenters. The first-order valence-corrected chi connectivity index (χ1v) is 10.7. The fourth-order valence-electron chi connectivity index (χ4n) is 3.58. The number of hydrogen-bond acceptors (Lipinski definition) is 8. The molecule has 0 bridgehead atoms. The first kappa shape index (κ1) is 20.6. The van der Waals surface area contributed by atoms with Crippen LogP contribution in [0.1, 0.15) is 16.1 Å². The number of carbonyl (C=O) groups excluding carboxylic acids is 1. The number of amides is 1.